The van der Waals surface area contributed by atoms with Crippen molar-refractivity contribution in [1.82, 2.24) is 5.32 Å². The largest absolute Gasteiger partial charge is 1.00 e. The minimum atomic E-state index is -0.443. The number of hydrogen-bond acceptors (Lipinski definition) is 2. The van der Waals surface area contributed by atoms with Gasteiger partial charge in [-0.2, -0.15) is 0 Å². The quantitative estimate of drug-likeness (QED) is 0.690. The van der Waals surface area contributed by atoms with Crippen molar-refractivity contribution in [3.63, 3.8) is 0 Å². The van der Waals surface area contributed by atoms with Crippen molar-refractivity contribution >= 4 is 11.8 Å². The van der Waals surface area contributed by atoms with Gasteiger partial charge in [0.2, 0.25) is 0 Å². The molecule has 0 bridgehead atoms. The third-order valence-corrected chi connectivity index (χ3v) is 2.60. The Kier molecular flexibility index (Phi) is 6.73. The van der Waals surface area contributed by atoms with Gasteiger partial charge in [-0.05, 0) is 18.1 Å². The van der Waals surface area contributed by atoms with Crippen molar-refractivity contribution in [2.24, 2.45) is 0 Å². The smallest absolute Gasteiger partial charge is 0.412 e. The van der Waals surface area contributed by atoms with E-state index in [0.29, 0.717) is 11.7 Å². The molecule has 0 saturated heterocycles. The molecule has 0 heterocycles. The number of carbonyl (C=O) groups excluding carboxylic acids is 1. The molecule has 2 N–H and O–H groups in total. The van der Waals surface area contributed by atoms with Gasteiger partial charge >= 0.3 is 6.09 Å². The van der Waals surface area contributed by atoms with E-state index in [0.717, 1.165) is 5.69 Å². The molecular weight excluding hydrogens is 252 g/mol. The maximum atomic E-state index is 11.1. The molecule has 0 unspecified atom stereocenters. The van der Waals surface area contributed by atoms with Gasteiger partial charge in [0.05, 0.1) is 14.1 Å². The highest BCUT2D eigenvalue weighted by Gasteiger charge is 2.14. The number of carbonyl (C=O) groups is 1. The second kappa shape index (κ2) is 7.24. The molecular formula is C13H21ClN2O2. The lowest BCUT2D eigenvalue weighted by atomic mass is 10.0. The first-order chi connectivity index (χ1) is 7.95. The third-order valence-electron chi connectivity index (χ3n) is 2.60. The first kappa shape index (κ1) is 16.7. The van der Waals surface area contributed by atoms with Gasteiger partial charge in [0.25, 0.3) is 0 Å². The zero-order chi connectivity index (χ0) is 13.0. The standard InChI is InChI=1S/C13H20N2O2.ClH/c1-9(2)11-7-6-10(17-13(16)14-3)8-12(11)15(4)5;/h6-9H,1-5H3,(H,14,16);1H. The molecule has 1 rings (SSSR count). The van der Waals surface area contributed by atoms with E-state index >= 15 is 0 Å². The van der Waals surface area contributed by atoms with Crippen LogP contribution >= 0.6 is 0 Å². The van der Waals surface area contributed by atoms with E-state index in [2.05, 4.69) is 33.3 Å². The molecule has 5 heteroatoms. The van der Waals surface area contributed by atoms with Crippen molar-refractivity contribution in [1.29, 1.82) is 0 Å². The highest BCUT2D eigenvalue weighted by Crippen LogP contribution is 2.25. The van der Waals surface area contributed by atoms with Crippen LogP contribution in [0.4, 0.5) is 10.5 Å². The van der Waals surface area contributed by atoms with Crippen LogP contribution in [0.3, 0.4) is 0 Å². The van der Waals surface area contributed by atoms with Crippen LogP contribution in [0, 0.1) is 0 Å². The molecule has 1 amide bonds. The summed E-state index contributed by atoms with van der Waals surface area (Å²) < 4.78 is 5.13. The molecule has 0 radical (unpaired) electrons. The number of ether oxygens (including phenoxy) is 1. The Labute approximate surface area is 115 Å². The Morgan fingerprint density at radius 2 is 1.94 bits per heavy atom. The molecule has 0 aliphatic carbocycles. The number of nitrogens with one attached hydrogen (secondary N) is 2. The summed E-state index contributed by atoms with van der Waals surface area (Å²) in [6, 6.07) is 5.77. The van der Waals surface area contributed by atoms with E-state index in [1.54, 1.807) is 7.05 Å². The number of quaternary nitrogens is 1. The summed E-state index contributed by atoms with van der Waals surface area (Å²) in [5.41, 5.74) is 2.43. The van der Waals surface area contributed by atoms with Gasteiger partial charge in [0.1, 0.15) is 11.4 Å². The number of benzene rings is 1. The van der Waals surface area contributed by atoms with Crippen LogP contribution < -0.4 is 27.4 Å². The van der Waals surface area contributed by atoms with Crippen LogP contribution in [0.5, 0.6) is 5.75 Å². The molecule has 0 aliphatic heterocycles. The summed E-state index contributed by atoms with van der Waals surface area (Å²) >= 11 is 0. The zero-order valence-corrected chi connectivity index (χ0v) is 12.3. The van der Waals surface area contributed by atoms with Crippen LogP contribution in [-0.4, -0.2) is 27.2 Å². The van der Waals surface area contributed by atoms with Gasteiger partial charge in [-0.3, -0.25) is 0 Å². The molecule has 18 heavy (non-hydrogen) atoms. The molecule has 4 nitrogen and oxygen atoms in total. The summed E-state index contributed by atoms with van der Waals surface area (Å²) in [5, 5.41) is 2.43. The molecule has 0 spiro atoms. The molecule has 0 fully saturated rings. The topological polar surface area (TPSA) is 42.8 Å². The van der Waals surface area contributed by atoms with Crippen LogP contribution in [0.1, 0.15) is 25.3 Å². The lowest BCUT2D eigenvalue weighted by Crippen LogP contribution is -3.00. The first-order valence-corrected chi connectivity index (χ1v) is 5.79. The number of rotatable bonds is 3. The lowest BCUT2D eigenvalue weighted by Gasteiger charge is -2.16. The van der Waals surface area contributed by atoms with E-state index in [9.17, 15) is 4.79 Å². The summed E-state index contributed by atoms with van der Waals surface area (Å²) in [4.78, 5) is 12.4. The van der Waals surface area contributed by atoms with Crippen LogP contribution in [-0.2, 0) is 0 Å². The van der Waals surface area contributed by atoms with Crippen molar-refractivity contribution in [3.8, 4) is 5.75 Å². The summed E-state index contributed by atoms with van der Waals surface area (Å²) in [7, 11) is 5.67. The Bertz CT molecular complexity index is 406. The number of halogens is 1. The molecule has 0 aromatic heterocycles. The summed E-state index contributed by atoms with van der Waals surface area (Å²) in [6.45, 7) is 4.31. The third kappa shape index (κ3) is 4.20. The van der Waals surface area contributed by atoms with Crippen LogP contribution in [0.2, 0.25) is 0 Å². The Morgan fingerprint density at radius 1 is 1.33 bits per heavy atom. The number of hydrogen-bond donors (Lipinski definition) is 2. The second-order valence-corrected chi connectivity index (χ2v) is 4.54. The van der Waals surface area contributed by atoms with Gasteiger partial charge in [-0.1, -0.05) is 13.8 Å². The van der Waals surface area contributed by atoms with Crippen molar-refractivity contribution in [2.45, 2.75) is 19.8 Å². The fraction of sp³-hybridized carbons (Fsp3) is 0.462. The van der Waals surface area contributed by atoms with Crippen LogP contribution in [0.25, 0.3) is 0 Å². The average Bonchev–Trinajstić information content (AvgIpc) is 2.28. The molecule has 1 aromatic rings. The average molecular weight is 273 g/mol. The van der Waals surface area contributed by atoms with E-state index in [1.807, 2.05) is 18.2 Å². The molecule has 102 valence electrons. The Morgan fingerprint density at radius 3 is 2.39 bits per heavy atom. The predicted octanol–water partition coefficient (Wildman–Crippen LogP) is -1.69. The maximum absolute atomic E-state index is 11.1. The highest BCUT2D eigenvalue weighted by atomic mass is 35.5. The normalized spacial score (nSPS) is 10.2. The van der Waals surface area contributed by atoms with Crippen molar-refractivity contribution in [3.05, 3.63) is 23.8 Å². The van der Waals surface area contributed by atoms with E-state index in [4.69, 9.17) is 4.74 Å². The predicted molar refractivity (Wildman–Crippen MR) is 68.1 cm³/mol. The Hall–Kier alpha value is -1.26. The summed E-state index contributed by atoms with van der Waals surface area (Å²) in [5.74, 6) is 1.03. The lowest BCUT2D eigenvalue weighted by molar-refractivity contribution is -0.786. The Balaban J connectivity index is 0.00000289. The molecule has 1 aromatic carbocycles. The van der Waals surface area contributed by atoms with Gasteiger partial charge in [0, 0.05) is 18.7 Å². The minimum Gasteiger partial charge on any atom is -1.00 e. The van der Waals surface area contributed by atoms with E-state index in [-0.39, 0.29) is 12.4 Å². The summed E-state index contributed by atoms with van der Waals surface area (Å²) in [6.07, 6.45) is -0.443. The first-order valence-electron chi connectivity index (χ1n) is 5.79. The highest BCUT2D eigenvalue weighted by molar-refractivity contribution is 5.70. The van der Waals surface area contributed by atoms with Crippen LogP contribution in [0.15, 0.2) is 18.2 Å². The monoisotopic (exact) mass is 272 g/mol. The maximum Gasteiger partial charge on any atom is 0.412 e. The van der Waals surface area contributed by atoms with Gasteiger partial charge in [0.15, 0.2) is 0 Å². The van der Waals surface area contributed by atoms with Gasteiger partial charge in [-0.25, -0.2) is 4.79 Å². The second-order valence-electron chi connectivity index (χ2n) is 4.54. The van der Waals surface area contributed by atoms with Crippen molar-refractivity contribution < 1.29 is 26.8 Å². The van der Waals surface area contributed by atoms with E-state index in [1.165, 1.54) is 10.5 Å². The zero-order valence-electron chi connectivity index (χ0n) is 11.5. The van der Waals surface area contributed by atoms with Gasteiger partial charge in [-0.15, -0.1) is 0 Å². The SMILES string of the molecule is CNC(=O)Oc1ccc(C(C)C)c([NH+](C)C)c1.[Cl-]. The van der Waals surface area contributed by atoms with Gasteiger partial charge < -0.3 is 27.4 Å². The molecule has 0 saturated carbocycles. The molecule has 0 atom stereocenters. The van der Waals surface area contributed by atoms with Crippen molar-refractivity contribution in [2.75, 3.05) is 21.1 Å². The number of amides is 1. The minimum absolute atomic E-state index is 0. The molecule has 0 aliphatic rings. The fourth-order valence-electron chi connectivity index (χ4n) is 1.69. The van der Waals surface area contributed by atoms with E-state index < -0.39 is 6.09 Å². The fourth-order valence-corrected chi connectivity index (χ4v) is 1.69.